The molecular weight excluding hydrogens is 316 g/mol. The maximum Gasteiger partial charge on any atom is 0.317 e. The van der Waals surface area contributed by atoms with Gasteiger partial charge in [-0.2, -0.15) is 0 Å². The minimum Gasteiger partial charge on any atom is -0.496 e. The monoisotopic (exact) mass is 342 g/mol. The summed E-state index contributed by atoms with van der Waals surface area (Å²) < 4.78 is 7.40. The zero-order valence-corrected chi connectivity index (χ0v) is 14.7. The van der Waals surface area contributed by atoms with Gasteiger partial charge in [-0.3, -0.25) is 0 Å². The van der Waals surface area contributed by atoms with Crippen LogP contribution < -0.4 is 10.1 Å². The van der Waals surface area contributed by atoms with Gasteiger partial charge >= 0.3 is 6.03 Å². The van der Waals surface area contributed by atoms with Crippen LogP contribution in [-0.2, 0) is 13.0 Å². The van der Waals surface area contributed by atoms with Crippen molar-refractivity contribution in [1.82, 2.24) is 19.8 Å². The molecule has 0 saturated carbocycles. The lowest BCUT2D eigenvalue weighted by Gasteiger charge is -2.32. The molecule has 0 atom stereocenters. The second-order valence-corrected chi connectivity index (χ2v) is 6.48. The summed E-state index contributed by atoms with van der Waals surface area (Å²) in [6, 6.07) is 8.24. The van der Waals surface area contributed by atoms with Crippen LogP contribution in [0.5, 0.6) is 5.75 Å². The van der Waals surface area contributed by atoms with E-state index in [2.05, 4.69) is 22.4 Å². The number of carbonyl (C=O) groups is 1. The van der Waals surface area contributed by atoms with Crippen molar-refractivity contribution in [3.63, 3.8) is 0 Å². The van der Waals surface area contributed by atoms with Gasteiger partial charge in [-0.05, 0) is 36.8 Å². The van der Waals surface area contributed by atoms with Crippen LogP contribution in [0.2, 0.25) is 0 Å². The van der Waals surface area contributed by atoms with E-state index in [0.29, 0.717) is 12.5 Å². The van der Waals surface area contributed by atoms with Crippen LogP contribution in [0.4, 0.5) is 4.79 Å². The summed E-state index contributed by atoms with van der Waals surface area (Å²) >= 11 is 0. The van der Waals surface area contributed by atoms with Gasteiger partial charge in [0, 0.05) is 38.6 Å². The van der Waals surface area contributed by atoms with Gasteiger partial charge in [-0.15, -0.1) is 0 Å². The van der Waals surface area contributed by atoms with Gasteiger partial charge in [-0.25, -0.2) is 9.78 Å². The summed E-state index contributed by atoms with van der Waals surface area (Å²) in [6.45, 7) is 3.00. The molecule has 0 bridgehead atoms. The molecule has 6 heteroatoms. The molecule has 1 aliphatic heterocycles. The largest absolute Gasteiger partial charge is 0.496 e. The van der Waals surface area contributed by atoms with Crippen LogP contribution in [0.15, 0.2) is 43.0 Å². The molecule has 1 N–H and O–H groups in total. The van der Waals surface area contributed by atoms with Crippen LogP contribution in [-0.4, -0.2) is 47.2 Å². The zero-order chi connectivity index (χ0) is 17.5. The van der Waals surface area contributed by atoms with Crippen LogP contribution in [0.25, 0.3) is 0 Å². The zero-order valence-electron chi connectivity index (χ0n) is 14.7. The third kappa shape index (κ3) is 4.75. The predicted octanol–water partition coefficient (Wildman–Crippen LogP) is 2.56. The molecule has 0 unspecified atom stereocenters. The first kappa shape index (κ1) is 17.3. The molecule has 1 aromatic heterocycles. The van der Waals surface area contributed by atoms with Gasteiger partial charge in [-0.1, -0.05) is 18.2 Å². The Bertz CT molecular complexity index is 664. The normalized spacial score (nSPS) is 15.2. The maximum atomic E-state index is 12.3. The molecule has 1 fully saturated rings. The third-order valence-corrected chi connectivity index (χ3v) is 4.81. The van der Waals surface area contributed by atoms with Crippen LogP contribution >= 0.6 is 0 Å². The smallest absolute Gasteiger partial charge is 0.317 e. The summed E-state index contributed by atoms with van der Waals surface area (Å²) in [5.41, 5.74) is 1.26. The van der Waals surface area contributed by atoms with Crippen LogP contribution in [0.3, 0.4) is 0 Å². The number of hydrogen-bond acceptors (Lipinski definition) is 3. The van der Waals surface area contributed by atoms with Crippen molar-refractivity contribution in [2.45, 2.75) is 25.8 Å². The third-order valence-electron chi connectivity index (χ3n) is 4.81. The summed E-state index contributed by atoms with van der Waals surface area (Å²) in [6.07, 6.45) is 8.49. The molecule has 2 heterocycles. The predicted molar refractivity (Wildman–Crippen MR) is 96.6 cm³/mol. The number of amides is 2. The van der Waals surface area contributed by atoms with E-state index in [9.17, 15) is 4.79 Å². The number of rotatable bonds is 6. The Hall–Kier alpha value is -2.50. The number of benzene rings is 1. The van der Waals surface area contributed by atoms with Crippen LogP contribution in [0, 0.1) is 5.92 Å². The fourth-order valence-corrected chi connectivity index (χ4v) is 3.35. The number of para-hydroxylation sites is 1. The molecule has 1 aromatic carbocycles. The molecule has 0 radical (unpaired) electrons. The molecule has 3 rings (SSSR count). The second kappa shape index (κ2) is 8.55. The van der Waals surface area contributed by atoms with Gasteiger partial charge in [0.1, 0.15) is 5.75 Å². The number of likely N-dealkylation sites (tertiary alicyclic amines) is 1. The molecule has 0 spiro atoms. The molecular formula is C19H26N4O2. The minimum absolute atomic E-state index is 0.0378. The van der Waals surface area contributed by atoms with Crippen molar-refractivity contribution >= 4 is 6.03 Å². The first-order valence-electron chi connectivity index (χ1n) is 8.86. The number of nitrogens with one attached hydrogen (secondary N) is 1. The van der Waals surface area contributed by atoms with Crippen molar-refractivity contribution in [2.75, 3.05) is 26.7 Å². The number of methoxy groups -OCH3 is 1. The highest BCUT2D eigenvalue weighted by Gasteiger charge is 2.23. The van der Waals surface area contributed by atoms with Gasteiger partial charge in [0.05, 0.1) is 13.4 Å². The van der Waals surface area contributed by atoms with E-state index < -0.39 is 0 Å². The van der Waals surface area contributed by atoms with Crippen molar-refractivity contribution in [3.8, 4) is 5.75 Å². The fourth-order valence-electron chi connectivity index (χ4n) is 3.35. The summed E-state index contributed by atoms with van der Waals surface area (Å²) in [4.78, 5) is 18.2. The lowest BCUT2D eigenvalue weighted by Crippen LogP contribution is -2.45. The standard InChI is InChI=1S/C19H26N4O2/c1-25-18-5-3-2-4-17(18)14-16-6-10-23(11-7-16)19(24)21-9-13-22-12-8-20-15-22/h2-5,8,12,15-16H,6-7,9-11,13-14H2,1H3,(H,21,24). The number of urea groups is 1. The average molecular weight is 342 g/mol. The van der Waals surface area contributed by atoms with E-state index >= 15 is 0 Å². The molecule has 2 aromatic rings. The summed E-state index contributed by atoms with van der Waals surface area (Å²) in [7, 11) is 1.72. The van der Waals surface area contributed by atoms with E-state index in [1.54, 1.807) is 19.6 Å². The number of piperidine rings is 1. The number of ether oxygens (including phenoxy) is 1. The Morgan fingerprint density at radius 1 is 1.32 bits per heavy atom. The van der Waals surface area contributed by atoms with E-state index in [0.717, 1.165) is 44.6 Å². The van der Waals surface area contributed by atoms with Gasteiger partial charge in [0.25, 0.3) is 0 Å². The molecule has 25 heavy (non-hydrogen) atoms. The Kier molecular flexibility index (Phi) is 5.93. The lowest BCUT2D eigenvalue weighted by molar-refractivity contribution is 0.170. The Balaban J connectivity index is 1.41. The first-order valence-corrected chi connectivity index (χ1v) is 8.86. The van der Waals surface area contributed by atoms with Gasteiger partial charge < -0.3 is 19.5 Å². The molecule has 0 aliphatic carbocycles. The van der Waals surface area contributed by atoms with E-state index in [1.165, 1.54) is 5.56 Å². The van der Waals surface area contributed by atoms with Gasteiger partial charge in [0.15, 0.2) is 0 Å². The van der Waals surface area contributed by atoms with Crippen molar-refractivity contribution in [2.24, 2.45) is 5.92 Å². The second-order valence-electron chi connectivity index (χ2n) is 6.48. The summed E-state index contributed by atoms with van der Waals surface area (Å²) in [5.74, 6) is 1.56. The number of hydrogen-bond donors (Lipinski definition) is 1. The quantitative estimate of drug-likeness (QED) is 0.878. The highest BCUT2D eigenvalue weighted by atomic mass is 16.5. The van der Waals surface area contributed by atoms with Crippen molar-refractivity contribution in [3.05, 3.63) is 48.5 Å². The number of aromatic nitrogens is 2. The average Bonchev–Trinajstić information content (AvgIpc) is 3.16. The fraction of sp³-hybridized carbons (Fsp3) is 0.474. The molecule has 6 nitrogen and oxygen atoms in total. The molecule has 1 saturated heterocycles. The number of imidazole rings is 1. The first-order chi connectivity index (χ1) is 12.3. The van der Waals surface area contributed by atoms with Gasteiger partial charge in [0.2, 0.25) is 0 Å². The Labute approximate surface area is 148 Å². The molecule has 134 valence electrons. The Morgan fingerprint density at radius 2 is 2.12 bits per heavy atom. The Morgan fingerprint density at radius 3 is 2.84 bits per heavy atom. The highest BCUT2D eigenvalue weighted by molar-refractivity contribution is 5.74. The number of carbonyl (C=O) groups excluding carboxylic acids is 1. The highest BCUT2D eigenvalue weighted by Crippen LogP contribution is 2.26. The van der Waals surface area contributed by atoms with Crippen molar-refractivity contribution in [1.29, 1.82) is 0 Å². The van der Waals surface area contributed by atoms with E-state index in [1.807, 2.05) is 27.8 Å². The summed E-state index contributed by atoms with van der Waals surface area (Å²) in [5, 5.41) is 2.99. The number of nitrogens with zero attached hydrogens (tertiary/aromatic N) is 3. The SMILES string of the molecule is COc1ccccc1CC1CCN(C(=O)NCCn2ccnc2)CC1. The molecule has 1 aliphatic rings. The molecule has 2 amide bonds. The van der Waals surface area contributed by atoms with Crippen LogP contribution in [0.1, 0.15) is 18.4 Å². The lowest BCUT2D eigenvalue weighted by atomic mass is 9.90. The minimum atomic E-state index is 0.0378. The maximum absolute atomic E-state index is 12.3. The van der Waals surface area contributed by atoms with E-state index in [-0.39, 0.29) is 6.03 Å². The van der Waals surface area contributed by atoms with Crippen molar-refractivity contribution < 1.29 is 9.53 Å². The topological polar surface area (TPSA) is 59.4 Å². The van der Waals surface area contributed by atoms with E-state index in [4.69, 9.17) is 4.74 Å².